The van der Waals surface area contributed by atoms with Gasteiger partial charge >= 0.3 is 0 Å². The molecule has 0 aromatic heterocycles. The first-order valence-corrected chi connectivity index (χ1v) is 6.87. The molecule has 0 saturated heterocycles. The molecule has 5 nitrogen and oxygen atoms in total. The lowest BCUT2D eigenvalue weighted by Gasteiger charge is -2.09. The third kappa shape index (κ3) is 4.06. The Morgan fingerprint density at radius 3 is 2.22 bits per heavy atom. The Kier molecular flexibility index (Phi) is 5.30. The third-order valence-electron chi connectivity index (χ3n) is 3.23. The molecule has 2 aromatic carbocycles. The summed E-state index contributed by atoms with van der Waals surface area (Å²) in [6.07, 6.45) is 0. The van der Waals surface area contributed by atoms with Crippen molar-refractivity contribution in [2.24, 2.45) is 5.10 Å². The van der Waals surface area contributed by atoms with Crippen LogP contribution in [0.2, 0.25) is 0 Å². The van der Waals surface area contributed by atoms with Crippen LogP contribution in [0.5, 0.6) is 11.5 Å². The number of carbonyl (C=O) groups excluding carboxylic acids is 1. The summed E-state index contributed by atoms with van der Waals surface area (Å²) in [7, 11) is 3.02. The molecule has 0 spiro atoms. The second-order valence-corrected chi connectivity index (χ2v) is 4.71. The fourth-order valence-corrected chi connectivity index (χ4v) is 1.93. The number of hydrogen-bond donors (Lipinski definition) is 1. The van der Waals surface area contributed by atoms with Crippen molar-refractivity contribution in [3.05, 3.63) is 59.4 Å². The van der Waals surface area contributed by atoms with E-state index in [4.69, 9.17) is 9.47 Å². The van der Waals surface area contributed by atoms with Crippen molar-refractivity contribution in [2.75, 3.05) is 14.2 Å². The average Bonchev–Trinajstić information content (AvgIpc) is 2.59. The van der Waals surface area contributed by atoms with Crippen LogP contribution in [0, 0.1) is 5.82 Å². The fraction of sp³-hybridized carbons (Fsp3) is 0.176. The van der Waals surface area contributed by atoms with E-state index in [1.54, 1.807) is 37.3 Å². The van der Waals surface area contributed by atoms with Gasteiger partial charge in [-0.2, -0.15) is 5.10 Å². The lowest BCUT2D eigenvalue weighted by molar-refractivity contribution is 0.0954. The topological polar surface area (TPSA) is 59.9 Å². The third-order valence-corrected chi connectivity index (χ3v) is 3.23. The first kappa shape index (κ1) is 16.5. The summed E-state index contributed by atoms with van der Waals surface area (Å²) in [6, 6.07) is 10.7. The number of hydrazone groups is 1. The molecular weight excluding hydrogens is 299 g/mol. The van der Waals surface area contributed by atoms with Gasteiger partial charge in [0.15, 0.2) is 11.5 Å². The number of amides is 1. The maximum absolute atomic E-state index is 12.9. The fourth-order valence-electron chi connectivity index (χ4n) is 1.93. The Bertz CT molecular complexity index is 727. The Balaban J connectivity index is 2.12. The highest BCUT2D eigenvalue weighted by Crippen LogP contribution is 2.27. The molecule has 1 N–H and O–H groups in total. The standard InChI is InChI=1S/C17H17FN2O3/c1-11(12-4-7-14(18)8-5-12)19-20-17(21)13-6-9-15(22-2)16(10-13)23-3/h4-10H,1-3H3,(H,20,21)/b19-11+. The van der Waals surface area contributed by atoms with E-state index in [2.05, 4.69) is 10.5 Å². The summed E-state index contributed by atoms with van der Waals surface area (Å²) in [5, 5.41) is 4.02. The largest absolute Gasteiger partial charge is 0.493 e. The normalized spacial score (nSPS) is 11.0. The minimum Gasteiger partial charge on any atom is -0.493 e. The predicted octanol–water partition coefficient (Wildman–Crippen LogP) is 3.00. The van der Waals surface area contributed by atoms with Crippen LogP contribution in [-0.4, -0.2) is 25.8 Å². The van der Waals surface area contributed by atoms with Gasteiger partial charge in [0.2, 0.25) is 0 Å². The van der Waals surface area contributed by atoms with Gasteiger partial charge in [-0.05, 0) is 42.8 Å². The molecule has 0 aliphatic rings. The molecule has 0 aliphatic heterocycles. The van der Waals surface area contributed by atoms with Crippen LogP contribution in [0.25, 0.3) is 0 Å². The second kappa shape index (κ2) is 7.40. The van der Waals surface area contributed by atoms with E-state index in [1.165, 1.54) is 26.4 Å². The highest BCUT2D eigenvalue weighted by molar-refractivity contribution is 6.01. The number of ether oxygens (including phenoxy) is 2. The van der Waals surface area contributed by atoms with E-state index in [0.29, 0.717) is 22.8 Å². The van der Waals surface area contributed by atoms with E-state index in [-0.39, 0.29) is 11.7 Å². The van der Waals surface area contributed by atoms with Crippen LogP contribution >= 0.6 is 0 Å². The molecule has 0 aliphatic carbocycles. The van der Waals surface area contributed by atoms with Crippen LogP contribution in [0.1, 0.15) is 22.8 Å². The van der Waals surface area contributed by atoms with E-state index < -0.39 is 0 Å². The average molecular weight is 316 g/mol. The van der Waals surface area contributed by atoms with Crippen molar-refractivity contribution < 1.29 is 18.7 Å². The molecule has 2 aromatic rings. The molecule has 6 heteroatoms. The lowest BCUT2D eigenvalue weighted by Crippen LogP contribution is -2.19. The van der Waals surface area contributed by atoms with Gasteiger partial charge in [-0.25, -0.2) is 9.82 Å². The minimum atomic E-state index is -0.382. The van der Waals surface area contributed by atoms with E-state index in [1.807, 2.05) is 0 Å². The predicted molar refractivity (Wildman–Crippen MR) is 85.6 cm³/mol. The van der Waals surface area contributed by atoms with Crippen LogP contribution in [0.15, 0.2) is 47.6 Å². The molecule has 0 unspecified atom stereocenters. The number of hydrogen-bond acceptors (Lipinski definition) is 4. The molecule has 23 heavy (non-hydrogen) atoms. The molecular formula is C17H17FN2O3. The number of benzene rings is 2. The summed E-state index contributed by atoms with van der Waals surface area (Å²) in [6.45, 7) is 1.72. The summed E-state index contributed by atoms with van der Waals surface area (Å²) in [5.74, 6) is 0.290. The smallest absolute Gasteiger partial charge is 0.271 e. The van der Waals surface area contributed by atoms with Gasteiger partial charge in [0.1, 0.15) is 5.82 Å². The molecule has 0 heterocycles. The quantitative estimate of drug-likeness (QED) is 0.681. The summed E-state index contributed by atoms with van der Waals surface area (Å²) < 4.78 is 23.2. The molecule has 1 amide bonds. The summed E-state index contributed by atoms with van der Waals surface area (Å²) >= 11 is 0. The second-order valence-electron chi connectivity index (χ2n) is 4.71. The zero-order chi connectivity index (χ0) is 16.8. The van der Waals surface area contributed by atoms with E-state index >= 15 is 0 Å². The van der Waals surface area contributed by atoms with Gasteiger partial charge in [-0.1, -0.05) is 12.1 Å². The molecule has 0 atom stereocenters. The highest BCUT2D eigenvalue weighted by Gasteiger charge is 2.10. The van der Waals surface area contributed by atoms with Gasteiger partial charge in [0.05, 0.1) is 19.9 Å². The Hall–Kier alpha value is -2.89. The van der Waals surface area contributed by atoms with Gasteiger partial charge in [-0.15, -0.1) is 0 Å². The molecule has 0 radical (unpaired) electrons. The zero-order valence-corrected chi connectivity index (χ0v) is 13.1. The SMILES string of the molecule is COc1ccc(C(=O)N/N=C(\C)c2ccc(F)cc2)cc1OC. The Morgan fingerprint density at radius 1 is 1.00 bits per heavy atom. The van der Waals surface area contributed by atoms with Crippen molar-refractivity contribution in [1.29, 1.82) is 0 Å². The van der Waals surface area contributed by atoms with Crippen molar-refractivity contribution in [3.63, 3.8) is 0 Å². The lowest BCUT2D eigenvalue weighted by atomic mass is 10.1. The monoisotopic (exact) mass is 316 g/mol. The molecule has 0 bridgehead atoms. The van der Waals surface area contributed by atoms with E-state index in [0.717, 1.165) is 5.56 Å². The Labute approximate surface area is 133 Å². The highest BCUT2D eigenvalue weighted by atomic mass is 19.1. The molecule has 0 fully saturated rings. The number of methoxy groups -OCH3 is 2. The number of nitrogens with one attached hydrogen (secondary N) is 1. The van der Waals surface area contributed by atoms with Crippen LogP contribution in [0.3, 0.4) is 0 Å². The van der Waals surface area contributed by atoms with Crippen LogP contribution in [0.4, 0.5) is 4.39 Å². The van der Waals surface area contributed by atoms with Crippen molar-refractivity contribution in [1.82, 2.24) is 5.43 Å². The number of rotatable bonds is 5. The zero-order valence-electron chi connectivity index (χ0n) is 13.1. The van der Waals surface area contributed by atoms with Crippen LogP contribution < -0.4 is 14.9 Å². The number of nitrogens with zero attached hydrogens (tertiary/aromatic N) is 1. The molecule has 0 saturated carbocycles. The number of carbonyl (C=O) groups is 1. The Morgan fingerprint density at radius 2 is 1.61 bits per heavy atom. The maximum Gasteiger partial charge on any atom is 0.271 e. The van der Waals surface area contributed by atoms with Crippen molar-refractivity contribution in [2.45, 2.75) is 6.92 Å². The molecule has 2 rings (SSSR count). The maximum atomic E-state index is 12.9. The van der Waals surface area contributed by atoms with Gasteiger partial charge in [0, 0.05) is 5.56 Å². The van der Waals surface area contributed by atoms with Gasteiger partial charge in [-0.3, -0.25) is 4.79 Å². The number of halogens is 1. The first-order valence-electron chi connectivity index (χ1n) is 6.87. The first-order chi connectivity index (χ1) is 11.0. The van der Waals surface area contributed by atoms with Gasteiger partial charge < -0.3 is 9.47 Å². The summed E-state index contributed by atoms with van der Waals surface area (Å²) in [5.41, 5.74) is 4.14. The van der Waals surface area contributed by atoms with Crippen molar-refractivity contribution >= 4 is 11.6 Å². The molecule has 120 valence electrons. The van der Waals surface area contributed by atoms with Crippen molar-refractivity contribution in [3.8, 4) is 11.5 Å². The van der Waals surface area contributed by atoms with Crippen LogP contribution in [-0.2, 0) is 0 Å². The minimum absolute atomic E-state index is 0.323. The summed E-state index contributed by atoms with van der Waals surface area (Å²) in [4.78, 5) is 12.1. The van der Waals surface area contributed by atoms with Gasteiger partial charge in [0.25, 0.3) is 5.91 Å². The van der Waals surface area contributed by atoms with E-state index in [9.17, 15) is 9.18 Å².